The van der Waals surface area contributed by atoms with Gasteiger partial charge in [0.25, 0.3) is 0 Å². The van der Waals surface area contributed by atoms with Crippen LogP contribution in [0.5, 0.6) is 0 Å². The van der Waals surface area contributed by atoms with Crippen LogP contribution in [0.4, 0.5) is 5.69 Å². The normalized spacial score (nSPS) is 20.9. The monoisotopic (exact) mass is 297 g/mol. The molecule has 0 aliphatic carbocycles. The number of primary sulfonamides is 1. The maximum atomic E-state index is 11.5. The number of sulfonamides is 1. The first-order chi connectivity index (χ1) is 9.36. The molecule has 1 aromatic rings. The second-order valence-corrected chi connectivity index (χ2v) is 7.21. The molecule has 20 heavy (non-hydrogen) atoms. The number of nitrogens with one attached hydrogen (secondary N) is 1. The Kier molecular flexibility index (Phi) is 4.67. The number of likely N-dealkylation sites (tertiary alicyclic amines) is 1. The molecule has 2 rings (SSSR count). The van der Waals surface area contributed by atoms with Crippen LogP contribution >= 0.6 is 0 Å². The van der Waals surface area contributed by atoms with Gasteiger partial charge in [0.1, 0.15) is 0 Å². The molecule has 3 N–H and O–H groups in total. The molecule has 0 aromatic heterocycles. The minimum Gasteiger partial charge on any atom is -0.385 e. The topological polar surface area (TPSA) is 75.4 Å². The Morgan fingerprint density at radius 3 is 2.85 bits per heavy atom. The Morgan fingerprint density at radius 1 is 1.45 bits per heavy atom. The van der Waals surface area contributed by atoms with Crippen molar-refractivity contribution in [2.45, 2.75) is 24.7 Å². The van der Waals surface area contributed by atoms with Crippen LogP contribution in [0.1, 0.15) is 18.4 Å². The van der Waals surface area contributed by atoms with Crippen LogP contribution in [0.2, 0.25) is 0 Å². The van der Waals surface area contributed by atoms with Gasteiger partial charge in [-0.1, -0.05) is 6.07 Å². The van der Waals surface area contributed by atoms with E-state index in [1.165, 1.54) is 12.8 Å². The molecule has 112 valence electrons. The van der Waals surface area contributed by atoms with Crippen LogP contribution in [-0.4, -0.2) is 40.0 Å². The second kappa shape index (κ2) is 6.11. The van der Waals surface area contributed by atoms with Crippen molar-refractivity contribution in [3.8, 4) is 0 Å². The first-order valence-electron chi connectivity index (χ1n) is 6.92. The Balaban J connectivity index is 2.03. The minimum absolute atomic E-state index is 0.197. The van der Waals surface area contributed by atoms with Gasteiger partial charge >= 0.3 is 0 Å². The Morgan fingerprint density at radius 2 is 2.20 bits per heavy atom. The predicted octanol–water partition coefficient (Wildman–Crippen LogP) is 1.40. The van der Waals surface area contributed by atoms with Crippen LogP contribution in [0.3, 0.4) is 0 Å². The number of rotatable bonds is 4. The number of hydrogen-bond acceptors (Lipinski definition) is 4. The maximum absolute atomic E-state index is 11.5. The van der Waals surface area contributed by atoms with Gasteiger partial charge in [0.2, 0.25) is 10.0 Å². The van der Waals surface area contributed by atoms with E-state index in [9.17, 15) is 8.42 Å². The highest BCUT2D eigenvalue weighted by Gasteiger charge is 2.17. The Labute approximate surface area is 121 Å². The van der Waals surface area contributed by atoms with Gasteiger partial charge in [-0.15, -0.1) is 0 Å². The molecule has 0 bridgehead atoms. The number of aryl methyl sites for hydroxylation is 1. The molecule has 0 amide bonds. The molecule has 1 aromatic carbocycles. The molecule has 1 aliphatic heterocycles. The van der Waals surface area contributed by atoms with Crippen LogP contribution in [0, 0.1) is 12.8 Å². The summed E-state index contributed by atoms with van der Waals surface area (Å²) in [4.78, 5) is 2.53. The van der Waals surface area contributed by atoms with Crippen molar-refractivity contribution in [2.75, 3.05) is 32.0 Å². The average Bonchev–Trinajstić information content (AvgIpc) is 2.36. The van der Waals surface area contributed by atoms with Crippen molar-refractivity contribution in [3.63, 3.8) is 0 Å². The van der Waals surface area contributed by atoms with Crippen LogP contribution < -0.4 is 10.5 Å². The van der Waals surface area contributed by atoms with E-state index in [4.69, 9.17) is 5.14 Å². The number of piperidine rings is 1. The van der Waals surface area contributed by atoms with E-state index in [1.807, 2.05) is 6.07 Å². The molecule has 0 saturated carbocycles. The highest BCUT2D eigenvalue weighted by molar-refractivity contribution is 7.89. The number of nitrogens with zero attached hydrogens (tertiary/aromatic N) is 1. The zero-order valence-corrected chi connectivity index (χ0v) is 12.9. The molecule has 6 heteroatoms. The molecule has 1 heterocycles. The van der Waals surface area contributed by atoms with Gasteiger partial charge < -0.3 is 10.2 Å². The van der Waals surface area contributed by atoms with Crippen LogP contribution in [-0.2, 0) is 10.0 Å². The summed E-state index contributed by atoms with van der Waals surface area (Å²) >= 11 is 0. The van der Waals surface area contributed by atoms with E-state index in [-0.39, 0.29) is 4.90 Å². The quantitative estimate of drug-likeness (QED) is 0.881. The molecule has 5 nitrogen and oxygen atoms in total. The fourth-order valence-corrected chi connectivity index (χ4v) is 3.53. The Hall–Kier alpha value is -1.11. The van der Waals surface area contributed by atoms with Gasteiger partial charge in [-0.25, -0.2) is 13.6 Å². The molecule has 0 radical (unpaired) electrons. The lowest BCUT2D eigenvalue weighted by Crippen LogP contribution is -2.35. The van der Waals surface area contributed by atoms with Gasteiger partial charge in [-0.3, -0.25) is 0 Å². The fourth-order valence-electron chi connectivity index (χ4n) is 2.72. The van der Waals surface area contributed by atoms with Crippen molar-refractivity contribution in [1.82, 2.24) is 4.90 Å². The second-order valence-electron chi connectivity index (χ2n) is 5.68. The predicted molar refractivity (Wildman–Crippen MR) is 81.3 cm³/mol. The lowest BCUT2D eigenvalue weighted by Gasteiger charge is -2.30. The highest BCUT2D eigenvalue weighted by atomic mass is 32.2. The van der Waals surface area contributed by atoms with E-state index in [1.54, 1.807) is 19.1 Å². The van der Waals surface area contributed by atoms with Crippen LogP contribution in [0.25, 0.3) is 0 Å². The summed E-state index contributed by atoms with van der Waals surface area (Å²) in [6.45, 7) is 4.86. The van der Waals surface area contributed by atoms with E-state index >= 15 is 0 Å². The third kappa shape index (κ3) is 3.94. The van der Waals surface area contributed by atoms with E-state index in [0.29, 0.717) is 11.5 Å². The lowest BCUT2D eigenvalue weighted by atomic mass is 9.98. The zero-order valence-electron chi connectivity index (χ0n) is 12.1. The first kappa shape index (κ1) is 15.3. The summed E-state index contributed by atoms with van der Waals surface area (Å²) in [5, 5.41) is 8.55. The van der Waals surface area contributed by atoms with Crippen molar-refractivity contribution in [2.24, 2.45) is 11.1 Å². The molecule has 1 aliphatic rings. The molecule has 1 atom stereocenters. The van der Waals surface area contributed by atoms with E-state index in [0.717, 1.165) is 25.3 Å². The third-order valence-corrected chi connectivity index (χ3v) is 4.86. The molecule has 1 unspecified atom stereocenters. The van der Waals surface area contributed by atoms with Gasteiger partial charge in [-0.2, -0.15) is 0 Å². The number of nitrogens with two attached hydrogens (primary N) is 1. The summed E-state index contributed by atoms with van der Waals surface area (Å²) in [5.41, 5.74) is 1.49. The molecular weight excluding hydrogens is 274 g/mol. The first-order valence-corrected chi connectivity index (χ1v) is 8.47. The van der Waals surface area contributed by atoms with Crippen molar-refractivity contribution in [3.05, 3.63) is 23.8 Å². The number of benzene rings is 1. The van der Waals surface area contributed by atoms with Gasteiger partial charge in [0.15, 0.2) is 0 Å². The zero-order chi connectivity index (χ0) is 14.8. The lowest BCUT2D eigenvalue weighted by molar-refractivity contribution is 0.217. The van der Waals surface area contributed by atoms with Gasteiger partial charge in [0.05, 0.1) is 4.90 Å². The van der Waals surface area contributed by atoms with E-state index in [2.05, 4.69) is 17.3 Å². The standard InChI is InChI=1S/C14H23N3O2S/c1-11-5-6-13(8-14(11)20(15,18)19)16-9-12-4-3-7-17(2)10-12/h5-6,8,12,16H,3-4,7,9-10H2,1-2H3,(H2,15,18,19). The summed E-state index contributed by atoms with van der Waals surface area (Å²) in [7, 11) is -1.52. The summed E-state index contributed by atoms with van der Waals surface area (Å²) in [6, 6.07) is 5.31. The number of anilines is 1. The van der Waals surface area contributed by atoms with Crippen LogP contribution in [0.15, 0.2) is 23.1 Å². The van der Waals surface area contributed by atoms with Gasteiger partial charge in [0, 0.05) is 18.8 Å². The Bertz CT molecular complexity index is 572. The van der Waals surface area contributed by atoms with Crippen molar-refractivity contribution < 1.29 is 8.42 Å². The number of hydrogen-bond donors (Lipinski definition) is 2. The minimum atomic E-state index is -3.66. The molecular formula is C14H23N3O2S. The summed E-state index contributed by atoms with van der Waals surface area (Å²) in [6.07, 6.45) is 2.43. The smallest absolute Gasteiger partial charge is 0.238 e. The summed E-state index contributed by atoms with van der Waals surface area (Å²) < 4.78 is 23.0. The van der Waals surface area contributed by atoms with E-state index < -0.39 is 10.0 Å². The van der Waals surface area contributed by atoms with Crippen molar-refractivity contribution in [1.29, 1.82) is 0 Å². The summed E-state index contributed by atoms with van der Waals surface area (Å²) in [5.74, 6) is 0.605. The van der Waals surface area contributed by atoms with Crippen molar-refractivity contribution >= 4 is 15.7 Å². The SMILES string of the molecule is Cc1ccc(NCC2CCCN(C)C2)cc1S(N)(=O)=O. The highest BCUT2D eigenvalue weighted by Crippen LogP contribution is 2.21. The maximum Gasteiger partial charge on any atom is 0.238 e. The molecule has 0 spiro atoms. The average molecular weight is 297 g/mol. The fraction of sp³-hybridized carbons (Fsp3) is 0.571. The largest absolute Gasteiger partial charge is 0.385 e. The van der Waals surface area contributed by atoms with Gasteiger partial charge in [-0.05, 0) is 57.0 Å². The third-order valence-electron chi connectivity index (χ3n) is 3.81. The molecule has 1 fully saturated rings. The molecule has 1 saturated heterocycles.